The van der Waals surface area contributed by atoms with Crippen LogP contribution in [0.25, 0.3) is 0 Å². The standard InChI is InChI=1S/C23H25BrN2O5/c1-11(2)20(26-21(28)18-13-4-5-14(9-13)19(18)22(26)29)23(30)31-10-17(27)25-15-6-7-16(24)12(3)8-15/h4-8,11,13-14,18-20H,9-10H2,1-3H3,(H,25,27)/t13-,14-,18-,19-,20-/m0/s1. The topological polar surface area (TPSA) is 92.8 Å². The van der Waals surface area contributed by atoms with Crippen LogP contribution in [0.1, 0.15) is 25.8 Å². The number of carbonyl (C=O) groups is 4. The van der Waals surface area contributed by atoms with Gasteiger partial charge in [0.15, 0.2) is 6.61 Å². The minimum absolute atomic E-state index is 0.0698. The van der Waals surface area contributed by atoms with Gasteiger partial charge in [-0.05, 0) is 54.9 Å². The molecule has 5 atom stereocenters. The molecule has 1 saturated carbocycles. The molecule has 0 aromatic heterocycles. The highest BCUT2D eigenvalue weighted by atomic mass is 79.9. The summed E-state index contributed by atoms with van der Waals surface area (Å²) in [6, 6.07) is 4.31. The van der Waals surface area contributed by atoms with Crippen molar-refractivity contribution in [1.82, 2.24) is 4.90 Å². The largest absolute Gasteiger partial charge is 0.454 e. The zero-order valence-corrected chi connectivity index (χ0v) is 19.2. The van der Waals surface area contributed by atoms with E-state index < -0.39 is 24.5 Å². The molecule has 1 saturated heterocycles. The Balaban J connectivity index is 1.41. The molecule has 1 aromatic rings. The van der Waals surface area contributed by atoms with Crippen LogP contribution in [0.4, 0.5) is 5.69 Å². The normalized spacial score (nSPS) is 27.1. The van der Waals surface area contributed by atoms with Crippen LogP contribution in [-0.2, 0) is 23.9 Å². The minimum atomic E-state index is -1.03. The van der Waals surface area contributed by atoms with Crippen LogP contribution in [0.5, 0.6) is 0 Å². The van der Waals surface area contributed by atoms with Crippen LogP contribution >= 0.6 is 15.9 Å². The van der Waals surface area contributed by atoms with Gasteiger partial charge in [0.1, 0.15) is 6.04 Å². The third-order valence-electron chi connectivity index (χ3n) is 6.44. The Morgan fingerprint density at radius 2 is 1.77 bits per heavy atom. The van der Waals surface area contributed by atoms with Crippen molar-refractivity contribution in [2.75, 3.05) is 11.9 Å². The fourth-order valence-electron chi connectivity index (χ4n) is 5.02. The number of halogens is 1. The Hall–Kier alpha value is -2.48. The lowest BCUT2D eigenvalue weighted by Crippen LogP contribution is -2.50. The van der Waals surface area contributed by atoms with Gasteiger partial charge in [-0.15, -0.1) is 0 Å². The van der Waals surface area contributed by atoms with Crippen LogP contribution in [0, 0.1) is 36.5 Å². The molecule has 0 spiro atoms. The number of hydrogen-bond acceptors (Lipinski definition) is 5. The van der Waals surface area contributed by atoms with E-state index in [9.17, 15) is 19.2 Å². The molecule has 31 heavy (non-hydrogen) atoms. The van der Waals surface area contributed by atoms with Gasteiger partial charge in [0, 0.05) is 10.2 Å². The number of fused-ring (bicyclic) bond motifs is 5. The van der Waals surface area contributed by atoms with Gasteiger partial charge in [0.2, 0.25) is 11.8 Å². The summed E-state index contributed by atoms with van der Waals surface area (Å²) in [5.41, 5.74) is 1.54. The van der Waals surface area contributed by atoms with Crippen LogP contribution in [0.3, 0.4) is 0 Å². The third-order valence-corrected chi connectivity index (χ3v) is 7.33. The van der Waals surface area contributed by atoms with E-state index in [1.54, 1.807) is 26.0 Å². The highest BCUT2D eigenvalue weighted by molar-refractivity contribution is 9.10. The zero-order valence-electron chi connectivity index (χ0n) is 17.6. The zero-order chi connectivity index (χ0) is 22.4. The first kappa shape index (κ1) is 21.7. The van der Waals surface area contributed by atoms with E-state index in [-0.39, 0.29) is 41.4 Å². The van der Waals surface area contributed by atoms with Crippen LogP contribution in [0.15, 0.2) is 34.8 Å². The predicted octanol–water partition coefficient (Wildman–Crippen LogP) is 3.07. The van der Waals surface area contributed by atoms with E-state index in [1.807, 2.05) is 25.1 Å². The molecule has 1 aromatic carbocycles. The number of anilines is 1. The van der Waals surface area contributed by atoms with Crippen LogP contribution in [0.2, 0.25) is 0 Å². The first-order chi connectivity index (χ1) is 14.7. The van der Waals surface area contributed by atoms with Crippen molar-refractivity contribution in [3.63, 3.8) is 0 Å². The molecule has 3 aliphatic rings. The Labute approximate surface area is 189 Å². The highest BCUT2D eigenvalue weighted by Crippen LogP contribution is 2.53. The Morgan fingerprint density at radius 3 is 2.32 bits per heavy atom. The third kappa shape index (κ3) is 3.82. The van der Waals surface area contributed by atoms with Crippen molar-refractivity contribution < 1.29 is 23.9 Å². The van der Waals surface area contributed by atoms with Crippen molar-refractivity contribution in [1.29, 1.82) is 0 Å². The molecule has 2 bridgehead atoms. The van der Waals surface area contributed by atoms with E-state index in [4.69, 9.17) is 4.74 Å². The lowest BCUT2D eigenvalue weighted by Gasteiger charge is -2.28. The summed E-state index contributed by atoms with van der Waals surface area (Å²) in [5, 5.41) is 2.68. The number of imide groups is 1. The number of hydrogen-bond donors (Lipinski definition) is 1. The van der Waals surface area contributed by atoms with Crippen molar-refractivity contribution >= 4 is 45.3 Å². The molecule has 0 radical (unpaired) electrons. The number of ether oxygens (including phenoxy) is 1. The van der Waals surface area contributed by atoms with Crippen LogP contribution in [-0.4, -0.2) is 41.2 Å². The second-order valence-electron chi connectivity index (χ2n) is 8.86. The Morgan fingerprint density at radius 1 is 1.16 bits per heavy atom. The van der Waals surface area contributed by atoms with E-state index in [0.717, 1.165) is 21.4 Å². The first-order valence-electron chi connectivity index (χ1n) is 10.5. The maximum Gasteiger partial charge on any atom is 0.330 e. The Bertz CT molecular complexity index is 958. The number of nitrogens with one attached hydrogen (secondary N) is 1. The molecule has 8 heteroatoms. The SMILES string of the molecule is Cc1cc(NC(=O)COC(=O)[C@H](C(C)C)N2C(=O)[C@@H]3[C@@H](C2=O)[C@H]2C=C[C@H]3C2)ccc1Br. The average Bonchev–Trinajstić information content (AvgIpc) is 3.39. The number of aryl methyl sites for hydroxylation is 1. The molecule has 1 N–H and O–H groups in total. The molecular formula is C23H25BrN2O5. The maximum absolute atomic E-state index is 13.1. The van der Waals surface area contributed by atoms with E-state index >= 15 is 0 Å². The van der Waals surface area contributed by atoms with Gasteiger partial charge >= 0.3 is 5.97 Å². The smallest absolute Gasteiger partial charge is 0.330 e. The summed E-state index contributed by atoms with van der Waals surface area (Å²) >= 11 is 3.40. The number of carbonyl (C=O) groups excluding carboxylic acids is 4. The van der Waals surface area contributed by atoms with Crippen molar-refractivity contribution in [2.45, 2.75) is 33.2 Å². The molecule has 3 amide bonds. The highest BCUT2D eigenvalue weighted by Gasteiger charge is 2.61. The average molecular weight is 489 g/mol. The van der Waals surface area contributed by atoms with Gasteiger partial charge < -0.3 is 10.1 Å². The van der Waals surface area contributed by atoms with Gasteiger partial charge in [-0.2, -0.15) is 0 Å². The van der Waals surface area contributed by atoms with E-state index in [1.165, 1.54) is 0 Å². The first-order valence-corrected chi connectivity index (χ1v) is 11.3. The van der Waals surface area contributed by atoms with Crippen molar-refractivity contribution in [2.24, 2.45) is 29.6 Å². The monoisotopic (exact) mass is 488 g/mol. The fraction of sp³-hybridized carbons (Fsp3) is 0.478. The number of amides is 3. The van der Waals surface area contributed by atoms with Crippen molar-refractivity contribution in [3.8, 4) is 0 Å². The van der Waals surface area contributed by atoms with Gasteiger partial charge in [-0.1, -0.05) is 41.9 Å². The van der Waals surface area contributed by atoms with Crippen LogP contribution < -0.4 is 5.32 Å². The molecule has 0 unspecified atom stereocenters. The summed E-state index contributed by atoms with van der Waals surface area (Å²) in [6.07, 6.45) is 4.85. The number of esters is 1. The maximum atomic E-state index is 13.1. The van der Waals surface area contributed by atoms with E-state index in [0.29, 0.717) is 5.69 Å². The number of nitrogens with zero attached hydrogens (tertiary/aromatic N) is 1. The number of rotatable bonds is 6. The van der Waals surface area contributed by atoms with Gasteiger partial charge in [-0.3, -0.25) is 19.3 Å². The molecule has 2 fully saturated rings. The van der Waals surface area contributed by atoms with Gasteiger partial charge in [0.05, 0.1) is 11.8 Å². The van der Waals surface area contributed by atoms with E-state index in [2.05, 4.69) is 21.2 Å². The number of benzene rings is 1. The number of allylic oxidation sites excluding steroid dienone is 2. The Kier molecular flexibility index (Phi) is 5.77. The second-order valence-corrected chi connectivity index (χ2v) is 9.71. The summed E-state index contributed by atoms with van der Waals surface area (Å²) in [5.74, 6) is -2.76. The lowest BCUT2D eigenvalue weighted by molar-refractivity contribution is -0.162. The molecule has 164 valence electrons. The fourth-order valence-corrected chi connectivity index (χ4v) is 5.26. The number of likely N-dealkylation sites (tertiary alicyclic amines) is 1. The minimum Gasteiger partial charge on any atom is -0.454 e. The lowest BCUT2D eigenvalue weighted by atomic mass is 9.85. The summed E-state index contributed by atoms with van der Waals surface area (Å²) < 4.78 is 6.15. The van der Waals surface area contributed by atoms with Gasteiger partial charge in [0.25, 0.3) is 5.91 Å². The second kappa shape index (κ2) is 8.22. The molecule has 4 rings (SSSR count). The molecule has 2 aliphatic carbocycles. The van der Waals surface area contributed by atoms with Crippen molar-refractivity contribution in [3.05, 3.63) is 40.4 Å². The summed E-state index contributed by atoms with van der Waals surface area (Å²) in [7, 11) is 0. The summed E-state index contributed by atoms with van der Waals surface area (Å²) in [4.78, 5) is 52.3. The summed E-state index contributed by atoms with van der Waals surface area (Å²) in [6.45, 7) is 4.93. The molecule has 7 nitrogen and oxygen atoms in total. The molecule has 1 heterocycles. The predicted molar refractivity (Wildman–Crippen MR) is 117 cm³/mol. The quantitative estimate of drug-likeness (QED) is 0.377. The molecular weight excluding hydrogens is 464 g/mol. The van der Waals surface area contributed by atoms with Gasteiger partial charge in [-0.25, -0.2) is 4.79 Å². The molecule has 1 aliphatic heterocycles.